The SMILES string of the molecule is COc1ccc2[nH]c(CCN3C(=O)C4NNC(c5ccccc5)C4C3c3ccccc3OC)cc2c1. The van der Waals surface area contributed by atoms with Crippen LogP contribution in [-0.2, 0) is 11.2 Å². The van der Waals surface area contributed by atoms with Crippen LogP contribution in [0.3, 0.4) is 0 Å². The highest BCUT2D eigenvalue weighted by Crippen LogP contribution is 2.49. The highest BCUT2D eigenvalue weighted by Gasteiger charge is 2.55. The molecule has 0 spiro atoms. The molecule has 0 saturated carbocycles. The number of H-pyrrole nitrogens is 1. The quantitative estimate of drug-likeness (QED) is 0.369. The Morgan fingerprint density at radius 1 is 0.861 bits per heavy atom. The van der Waals surface area contributed by atoms with Gasteiger partial charge in [0.25, 0.3) is 0 Å². The minimum Gasteiger partial charge on any atom is -0.497 e. The number of fused-ring (bicyclic) bond motifs is 2. The number of rotatable bonds is 7. The summed E-state index contributed by atoms with van der Waals surface area (Å²) in [5, 5.41) is 1.10. The Kier molecular flexibility index (Phi) is 5.87. The molecule has 2 aliphatic heterocycles. The van der Waals surface area contributed by atoms with Gasteiger partial charge in [-0.1, -0.05) is 48.5 Å². The molecular weight excluding hydrogens is 452 g/mol. The number of carbonyl (C=O) groups excluding carboxylic acids is 1. The van der Waals surface area contributed by atoms with Crippen LogP contribution in [0.1, 0.15) is 28.9 Å². The molecule has 3 N–H and O–H groups in total. The van der Waals surface area contributed by atoms with Gasteiger partial charge < -0.3 is 19.4 Å². The van der Waals surface area contributed by atoms with Gasteiger partial charge in [0, 0.05) is 41.0 Å². The number of nitrogens with one attached hydrogen (secondary N) is 3. The largest absolute Gasteiger partial charge is 0.497 e. The molecule has 1 amide bonds. The number of carbonyl (C=O) groups is 1. The molecule has 0 aliphatic carbocycles. The van der Waals surface area contributed by atoms with Crippen LogP contribution in [0.4, 0.5) is 0 Å². The summed E-state index contributed by atoms with van der Waals surface area (Å²) in [6.45, 7) is 0.599. The van der Waals surface area contributed by atoms with Crippen molar-refractivity contribution in [2.24, 2.45) is 5.92 Å². The van der Waals surface area contributed by atoms with Crippen molar-refractivity contribution in [3.05, 3.63) is 95.7 Å². The van der Waals surface area contributed by atoms with Crippen LogP contribution in [0.15, 0.2) is 78.9 Å². The minimum absolute atomic E-state index is 0.000558. The molecule has 184 valence electrons. The van der Waals surface area contributed by atoms with Crippen molar-refractivity contribution in [3.8, 4) is 11.5 Å². The molecule has 2 aliphatic rings. The number of likely N-dealkylation sites (tertiary alicyclic amines) is 1. The van der Waals surface area contributed by atoms with Gasteiger partial charge in [-0.3, -0.25) is 4.79 Å². The number of aromatic nitrogens is 1. The van der Waals surface area contributed by atoms with E-state index < -0.39 is 0 Å². The Balaban J connectivity index is 1.34. The van der Waals surface area contributed by atoms with Gasteiger partial charge in [0.2, 0.25) is 5.91 Å². The first-order valence-electron chi connectivity index (χ1n) is 12.3. The lowest BCUT2D eigenvalue weighted by atomic mass is 9.83. The summed E-state index contributed by atoms with van der Waals surface area (Å²) >= 11 is 0. The molecule has 1 aromatic heterocycles. The zero-order valence-electron chi connectivity index (χ0n) is 20.4. The van der Waals surface area contributed by atoms with E-state index in [1.54, 1.807) is 14.2 Å². The number of nitrogens with zero attached hydrogens (tertiary/aromatic N) is 1. The van der Waals surface area contributed by atoms with Crippen LogP contribution in [0, 0.1) is 5.92 Å². The molecule has 2 saturated heterocycles. The van der Waals surface area contributed by atoms with Gasteiger partial charge in [-0.15, -0.1) is 0 Å². The summed E-state index contributed by atoms with van der Waals surface area (Å²) in [7, 11) is 3.37. The van der Waals surface area contributed by atoms with E-state index in [1.807, 2.05) is 59.5 Å². The number of benzene rings is 3. The highest BCUT2D eigenvalue weighted by atomic mass is 16.5. The van der Waals surface area contributed by atoms with Gasteiger partial charge in [-0.25, -0.2) is 10.9 Å². The predicted molar refractivity (Wildman–Crippen MR) is 139 cm³/mol. The number of para-hydroxylation sites is 1. The number of hydrogen-bond acceptors (Lipinski definition) is 5. The molecule has 2 fully saturated rings. The van der Waals surface area contributed by atoms with E-state index in [-0.39, 0.29) is 30.0 Å². The van der Waals surface area contributed by atoms with Gasteiger partial charge in [-0.05, 0) is 35.9 Å². The minimum atomic E-state index is -0.308. The number of hydrogen-bond donors (Lipinski definition) is 3. The van der Waals surface area contributed by atoms with Crippen LogP contribution in [0.5, 0.6) is 11.5 Å². The molecule has 3 aromatic carbocycles. The van der Waals surface area contributed by atoms with E-state index in [9.17, 15) is 4.79 Å². The zero-order chi connectivity index (χ0) is 24.6. The van der Waals surface area contributed by atoms with Crippen molar-refractivity contribution < 1.29 is 14.3 Å². The molecule has 6 rings (SSSR count). The Morgan fingerprint density at radius 2 is 1.64 bits per heavy atom. The summed E-state index contributed by atoms with van der Waals surface area (Å²) in [5.41, 5.74) is 11.1. The van der Waals surface area contributed by atoms with Crippen molar-refractivity contribution in [2.45, 2.75) is 24.5 Å². The number of aromatic amines is 1. The lowest BCUT2D eigenvalue weighted by molar-refractivity contribution is -0.130. The molecule has 4 unspecified atom stereocenters. The van der Waals surface area contributed by atoms with Gasteiger partial charge in [-0.2, -0.15) is 0 Å². The third kappa shape index (κ3) is 3.81. The molecule has 0 radical (unpaired) electrons. The molecule has 7 nitrogen and oxygen atoms in total. The first-order chi connectivity index (χ1) is 17.7. The number of ether oxygens (including phenoxy) is 2. The maximum Gasteiger partial charge on any atom is 0.242 e. The zero-order valence-corrected chi connectivity index (χ0v) is 20.4. The first kappa shape index (κ1) is 22.6. The van der Waals surface area contributed by atoms with E-state index >= 15 is 0 Å². The fraction of sp³-hybridized carbons (Fsp3) is 0.276. The first-order valence-corrected chi connectivity index (χ1v) is 12.3. The van der Waals surface area contributed by atoms with Crippen LogP contribution in [-0.4, -0.2) is 42.6 Å². The van der Waals surface area contributed by atoms with Gasteiger partial charge in [0.05, 0.1) is 26.3 Å². The fourth-order valence-electron chi connectivity index (χ4n) is 5.85. The summed E-state index contributed by atoms with van der Waals surface area (Å²) < 4.78 is 11.1. The lowest BCUT2D eigenvalue weighted by Crippen LogP contribution is -2.42. The topological polar surface area (TPSA) is 78.6 Å². The number of methoxy groups -OCH3 is 2. The Morgan fingerprint density at radius 3 is 2.44 bits per heavy atom. The summed E-state index contributed by atoms with van der Waals surface area (Å²) in [5.74, 6) is 1.76. The normalized spacial score (nSPS) is 23.3. The Hall–Kier alpha value is -3.81. The standard InChI is InChI=1S/C29H30N4O3/c1-35-21-12-13-23-19(17-21)16-20(30-23)14-15-33-28(22-10-6-7-11-24(22)36-2)25-26(18-8-4-3-5-9-18)31-32-27(25)29(33)34/h3-13,16-17,25-28,30-32H,14-15H2,1-2H3. The van der Waals surface area contributed by atoms with E-state index in [1.165, 1.54) is 0 Å². The third-order valence-corrected chi connectivity index (χ3v) is 7.54. The molecule has 4 aromatic rings. The van der Waals surface area contributed by atoms with Crippen molar-refractivity contribution in [3.63, 3.8) is 0 Å². The van der Waals surface area contributed by atoms with Crippen molar-refractivity contribution in [1.29, 1.82) is 0 Å². The maximum atomic E-state index is 13.8. The van der Waals surface area contributed by atoms with Crippen molar-refractivity contribution >= 4 is 16.8 Å². The van der Waals surface area contributed by atoms with E-state index in [2.05, 4.69) is 40.1 Å². The summed E-state index contributed by atoms with van der Waals surface area (Å²) in [4.78, 5) is 19.3. The third-order valence-electron chi connectivity index (χ3n) is 7.54. The second-order valence-corrected chi connectivity index (χ2v) is 9.45. The number of hydrazine groups is 1. The van der Waals surface area contributed by atoms with E-state index in [4.69, 9.17) is 9.47 Å². The van der Waals surface area contributed by atoms with Crippen LogP contribution in [0.2, 0.25) is 0 Å². The van der Waals surface area contributed by atoms with Crippen LogP contribution in [0.25, 0.3) is 10.9 Å². The number of amides is 1. The average Bonchev–Trinajstić information content (AvgIpc) is 3.61. The summed E-state index contributed by atoms with van der Waals surface area (Å²) in [6.07, 6.45) is 0.720. The van der Waals surface area contributed by atoms with E-state index in [0.29, 0.717) is 6.54 Å². The van der Waals surface area contributed by atoms with Crippen molar-refractivity contribution in [2.75, 3.05) is 20.8 Å². The molecule has 0 bridgehead atoms. The van der Waals surface area contributed by atoms with Crippen molar-refractivity contribution in [1.82, 2.24) is 20.7 Å². The summed E-state index contributed by atoms with van der Waals surface area (Å²) in [6, 6.07) is 26.1. The maximum absolute atomic E-state index is 13.8. The second kappa shape index (κ2) is 9.33. The molecule has 4 atom stereocenters. The lowest BCUT2D eigenvalue weighted by Gasteiger charge is -2.32. The smallest absolute Gasteiger partial charge is 0.242 e. The van der Waals surface area contributed by atoms with Gasteiger partial charge >= 0.3 is 0 Å². The predicted octanol–water partition coefficient (Wildman–Crippen LogP) is 4.15. The second-order valence-electron chi connectivity index (χ2n) is 9.45. The van der Waals surface area contributed by atoms with E-state index in [0.717, 1.165) is 45.6 Å². The molecule has 7 heteroatoms. The van der Waals surface area contributed by atoms with Crippen LogP contribution >= 0.6 is 0 Å². The molecular formula is C29H30N4O3. The fourth-order valence-corrected chi connectivity index (χ4v) is 5.85. The van der Waals surface area contributed by atoms with Gasteiger partial charge in [0.15, 0.2) is 0 Å². The Labute approximate surface area is 210 Å². The average molecular weight is 483 g/mol. The van der Waals surface area contributed by atoms with Gasteiger partial charge in [0.1, 0.15) is 17.5 Å². The molecule has 3 heterocycles. The van der Waals surface area contributed by atoms with Crippen LogP contribution < -0.4 is 20.3 Å². The Bertz CT molecular complexity index is 1390. The highest BCUT2D eigenvalue weighted by molar-refractivity contribution is 5.86. The monoisotopic (exact) mass is 482 g/mol. The molecule has 36 heavy (non-hydrogen) atoms.